The number of ether oxygens (including phenoxy) is 1. The smallest absolute Gasteiger partial charge is 0.326 e. The number of carbonyl (C=O) groups is 3. The number of hydrogen-bond acceptors (Lipinski definition) is 4. The van der Waals surface area contributed by atoms with Crippen LogP contribution in [0.1, 0.15) is 33.1 Å². The van der Waals surface area contributed by atoms with Gasteiger partial charge >= 0.3 is 5.97 Å². The monoisotopic (exact) mass is 309 g/mol. The van der Waals surface area contributed by atoms with Crippen LogP contribution in [0.3, 0.4) is 0 Å². The first-order valence-corrected chi connectivity index (χ1v) is 7.71. The topological polar surface area (TPSA) is 92.7 Å². The minimum Gasteiger partial charge on any atom is -0.480 e. The van der Waals surface area contributed by atoms with Gasteiger partial charge in [-0.3, -0.25) is 9.59 Å². The average Bonchev–Trinajstić information content (AvgIpc) is 3.04. The SMILES string of the molecule is CC[C@H](C)[C@H](NC(=O)C1=C[C@H](OC)[C@@H]2C(=O)CC[C@H]12)C(=O)O. The maximum atomic E-state index is 12.5. The van der Waals surface area contributed by atoms with Crippen molar-refractivity contribution in [2.24, 2.45) is 17.8 Å². The zero-order valence-electron chi connectivity index (χ0n) is 13.2. The Balaban J connectivity index is 2.15. The van der Waals surface area contributed by atoms with Crippen molar-refractivity contribution < 1.29 is 24.2 Å². The number of carboxylic acid groups (broad SMARTS) is 1. The highest BCUT2D eigenvalue weighted by Gasteiger charge is 2.48. The Hall–Kier alpha value is -1.69. The van der Waals surface area contributed by atoms with Gasteiger partial charge in [0.05, 0.1) is 12.0 Å². The largest absolute Gasteiger partial charge is 0.480 e. The number of ketones is 1. The summed E-state index contributed by atoms with van der Waals surface area (Å²) in [6.07, 6.45) is 3.03. The van der Waals surface area contributed by atoms with Gasteiger partial charge in [-0.25, -0.2) is 4.79 Å². The van der Waals surface area contributed by atoms with E-state index in [4.69, 9.17) is 4.74 Å². The van der Waals surface area contributed by atoms with Crippen LogP contribution in [-0.2, 0) is 19.1 Å². The number of carboxylic acids is 1. The number of fused-ring (bicyclic) bond motifs is 1. The maximum absolute atomic E-state index is 12.5. The van der Waals surface area contributed by atoms with Crippen LogP contribution in [0.2, 0.25) is 0 Å². The molecule has 0 aromatic carbocycles. The molecule has 2 rings (SSSR count). The summed E-state index contributed by atoms with van der Waals surface area (Å²) < 4.78 is 5.30. The van der Waals surface area contributed by atoms with E-state index in [2.05, 4.69) is 5.32 Å². The summed E-state index contributed by atoms with van der Waals surface area (Å²) in [5, 5.41) is 11.9. The number of hydrogen-bond donors (Lipinski definition) is 2. The molecular weight excluding hydrogens is 286 g/mol. The van der Waals surface area contributed by atoms with Crippen molar-refractivity contribution in [2.75, 3.05) is 7.11 Å². The number of aliphatic carboxylic acids is 1. The van der Waals surface area contributed by atoms with Gasteiger partial charge in [-0.05, 0) is 18.4 Å². The van der Waals surface area contributed by atoms with E-state index in [1.165, 1.54) is 7.11 Å². The molecule has 1 fully saturated rings. The summed E-state index contributed by atoms with van der Waals surface area (Å²) in [6.45, 7) is 3.68. The summed E-state index contributed by atoms with van der Waals surface area (Å²) in [5.74, 6) is -1.92. The minimum absolute atomic E-state index is 0.118. The van der Waals surface area contributed by atoms with Gasteiger partial charge in [0.15, 0.2) is 0 Å². The Bertz CT molecular complexity index is 513. The van der Waals surface area contributed by atoms with Gasteiger partial charge in [0.1, 0.15) is 11.8 Å². The fourth-order valence-corrected chi connectivity index (χ4v) is 3.40. The standard InChI is InChI=1S/C16H23NO5/c1-4-8(2)14(16(20)21)17-15(19)10-7-12(22-3)13-9(10)5-6-11(13)18/h7-9,12-14H,4-6H2,1-3H3,(H,17,19)(H,20,21)/t8-,9+,12-,13-,14-/m0/s1. The van der Waals surface area contributed by atoms with Crippen molar-refractivity contribution in [3.8, 4) is 0 Å². The second-order valence-electron chi connectivity index (χ2n) is 6.13. The highest BCUT2D eigenvalue weighted by atomic mass is 16.5. The lowest BCUT2D eigenvalue weighted by molar-refractivity contribution is -0.142. The zero-order chi connectivity index (χ0) is 16.4. The predicted molar refractivity (Wildman–Crippen MR) is 79.1 cm³/mol. The van der Waals surface area contributed by atoms with Crippen molar-refractivity contribution in [3.63, 3.8) is 0 Å². The highest BCUT2D eigenvalue weighted by molar-refractivity contribution is 5.99. The molecule has 0 spiro atoms. The van der Waals surface area contributed by atoms with Crippen LogP contribution in [0.25, 0.3) is 0 Å². The molecule has 0 aliphatic heterocycles. The number of Topliss-reactive ketones (excluding diaryl/α,β-unsaturated/α-hetero) is 1. The predicted octanol–water partition coefficient (Wildman–Crippen LogP) is 1.15. The number of amides is 1. The van der Waals surface area contributed by atoms with Crippen molar-refractivity contribution in [3.05, 3.63) is 11.6 Å². The lowest BCUT2D eigenvalue weighted by Crippen LogP contribution is -2.46. The van der Waals surface area contributed by atoms with E-state index in [1.807, 2.05) is 6.92 Å². The molecule has 2 aliphatic rings. The molecule has 0 radical (unpaired) electrons. The van der Waals surface area contributed by atoms with Gasteiger partial charge in [0.25, 0.3) is 0 Å². The Labute approximate surface area is 129 Å². The van der Waals surface area contributed by atoms with E-state index < -0.39 is 17.9 Å². The normalized spacial score (nSPS) is 29.7. The molecule has 1 saturated carbocycles. The van der Waals surface area contributed by atoms with Crippen molar-refractivity contribution in [1.82, 2.24) is 5.32 Å². The van der Waals surface area contributed by atoms with Gasteiger partial charge in [-0.1, -0.05) is 20.3 Å². The third-order valence-corrected chi connectivity index (χ3v) is 4.90. The van der Waals surface area contributed by atoms with Crippen molar-refractivity contribution in [1.29, 1.82) is 0 Å². The third-order valence-electron chi connectivity index (χ3n) is 4.90. The summed E-state index contributed by atoms with van der Waals surface area (Å²) in [5.41, 5.74) is 0.497. The molecule has 2 aliphatic carbocycles. The molecule has 0 bridgehead atoms. The Morgan fingerprint density at radius 3 is 2.73 bits per heavy atom. The molecule has 0 unspecified atom stereocenters. The first kappa shape index (κ1) is 16.7. The minimum atomic E-state index is -1.04. The molecule has 6 heteroatoms. The fourth-order valence-electron chi connectivity index (χ4n) is 3.40. The maximum Gasteiger partial charge on any atom is 0.326 e. The fraction of sp³-hybridized carbons (Fsp3) is 0.688. The molecule has 0 aromatic heterocycles. The number of rotatable bonds is 6. The van der Waals surface area contributed by atoms with Crippen LogP contribution in [0.15, 0.2) is 11.6 Å². The summed E-state index contributed by atoms with van der Waals surface area (Å²) in [6, 6.07) is -0.921. The molecule has 22 heavy (non-hydrogen) atoms. The van der Waals surface area contributed by atoms with Crippen LogP contribution < -0.4 is 5.32 Å². The van der Waals surface area contributed by atoms with Gasteiger partial charge in [0, 0.05) is 25.0 Å². The van der Waals surface area contributed by atoms with E-state index in [0.29, 0.717) is 24.8 Å². The second kappa shape index (κ2) is 6.60. The van der Waals surface area contributed by atoms with Crippen LogP contribution in [-0.4, -0.2) is 42.0 Å². The first-order valence-electron chi connectivity index (χ1n) is 7.71. The molecule has 5 atom stereocenters. The zero-order valence-corrected chi connectivity index (χ0v) is 13.2. The molecule has 0 aromatic rings. The third kappa shape index (κ3) is 2.92. The average molecular weight is 309 g/mol. The van der Waals surface area contributed by atoms with Crippen molar-refractivity contribution >= 4 is 17.7 Å². The van der Waals surface area contributed by atoms with E-state index in [0.717, 1.165) is 0 Å². The second-order valence-corrected chi connectivity index (χ2v) is 6.13. The van der Waals surface area contributed by atoms with Crippen molar-refractivity contribution in [2.45, 2.75) is 45.3 Å². The van der Waals surface area contributed by atoms with Crippen LogP contribution in [0.4, 0.5) is 0 Å². The summed E-state index contributed by atoms with van der Waals surface area (Å²) in [7, 11) is 1.52. The molecule has 0 saturated heterocycles. The first-order chi connectivity index (χ1) is 10.4. The summed E-state index contributed by atoms with van der Waals surface area (Å²) in [4.78, 5) is 35.8. The number of carbonyl (C=O) groups excluding carboxylic acids is 2. The highest BCUT2D eigenvalue weighted by Crippen LogP contribution is 2.43. The van der Waals surface area contributed by atoms with Gasteiger partial charge in [-0.15, -0.1) is 0 Å². The molecule has 1 amide bonds. The van der Waals surface area contributed by atoms with Crippen LogP contribution >= 0.6 is 0 Å². The molecular formula is C16H23NO5. The van der Waals surface area contributed by atoms with E-state index in [-0.39, 0.29) is 29.6 Å². The van der Waals surface area contributed by atoms with E-state index in [1.54, 1.807) is 13.0 Å². The van der Waals surface area contributed by atoms with Gasteiger partial charge < -0.3 is 15.2 Å². The van der Waals surface area contributed by atoms with Gasteiger partial charge in [-0.2, -0.15) is 0 Å². The van der Waals surface area contributed by atoms with Gasteiger partial charge in [0.2, 0.25) is 5.91 Å². The quantitative estimate of drug-likeness (QED) is 0.768. The van der Waals surface area contributed by atoms with Crippen LogP contribution in [0.5, 0.6) is 0 Å². The number of methoxy groups -OCH3 is 1. The number of nitrogens with one attached hydrogen (secondary N) is 1. The lowest BCUT2D eigenvalue weighted by atomic mass is 9.92. The van der Waals surface area contributed by atoms with Crippen LogP contribution in [0, 0.1) is 17.8 Å². The molecule has 0 heterocycles. The Morgan fingerprint density at radius 2 is 2.18 bits per heavy atom. The van der Waals surface area contributed by atoms with E-state index >= 15 is 0 Å². The Kier molecular flexibility index (Phi) is 5.01. The van der Waals surface area contributed by atoms with E-state index in [9.17, 15) is 19.5 Å². The Morgan fingerprint density at radius 1 is 1.50 bits per heavy atom. The molecule has 122 valence electrons. The molecule has 2 N–H and O–H groups in total. The lowest BCUT2D eigenvalue weighted by Gasteiger charge is -2.22. The summed E-state index contributed by atoms with van der Waals surface area (Å²) >= 11 is 0. The molecule has 6 nitrogen and oxygen atoms in total.